The van der Waals surface area contributed by atoms with E-state index in [9.17, 15) is 8.78 Å². The molecular weight excluding hydrogens is 264 g/mol. The third-order valence-corrected chi connectivity index (χ3v) is 2.98. The van der Waals surface area contributed by atoms with Crippen molar-refractivity contribution in [2.45, 2.75) is 26.1 Å². The predicted octanol–water partition coefficient (Wildman–Crippen LogP) is 2.87. The van der Waals surface area contributed by atoms with Crippen LogP contribution in [-0.2, 0) is 13.6 Å². The van der Waals surface area contributed by atoms with Gasteiger partial charge in [-0.25, -0.2) is 0 Å². The Balaban J connectivity index is 1.90. The summed E-state index contributed by atoms with van der Waals surface area (Å²) in [5.41, 5.74) is 2.10. The van der Waals surface area contributed by atoms with Crippen molar-refractivity contribution in [3.05, 3.63) is 47.8 Å². The molecule has 1 aromatic carbocycles. The molecule has 0 spiro atoms. The lowest BCUT2D eigenvalue weighted by molar-refractivity contribution is -0.0498. The van der Waals surface area contributed by atoms with Gasteiger partial charge in [-0.3, -0.25) is 4.68 Å². The highest BCUT2D eigenvalue weighted by Crippen LogP contribution is 2.19. The van der Waals surface area contributed by atoms with Crippen LogP contribution in [0.15, 0.2) is 36.7 Å². The Kier molecular flexibility index (Phi) is 4.68. The molecule has 1 N–H and O–H groups in total. The molecule has 1 unspecified atom stereocenters. The van der Waals surface area contributed by atoms with E-state index in [1.54, 1.807) is 35.1 Å². The molecule has 0 saturated heterocycles. The van der Waals surface area contributed by atoms with E-state index in [2.05, 4.69) is 15.2 Å². The first-order valence-electron chi connectivity index (χ1n) is 6.30. The fourth-order valence-electron chi connectivity index (χ4n) is 1.89. The van der Waals surface area contributed by atoms with Crippen LogP contribution in [0.2, 0.25) is 0 Å². The molecule has 0 bridgehead atoms. The smallest absolute Gasteiger partial charge is 0.387 e. The van der Waals surface area contributed by atoms with Crippen LogP contribution < -0.4 is 10.1 Å². The summed E-state index contributed by atoms with van der Waals surface area (Å²) in [6, 6.07) is 6.75. The first-order valence-corrected chi connectivity index (χ1v) is 6.30. The summed E-state index contributed by atoms with van der Waals surface area (Å²) in [4.78, 5) is 0. The minimum atomic E-state index is -2.79. The molecule has 0 aliphatic carbocycles. The molecule has 1 atom stereocenters. The number of aromatic nitrogens is 2. The summed E-state index contributed by atoms with van der Waals surface area (Å²) in [5, 5.41) is 7.44. The van der Waals surface area contributed by atoms with Gasteiger partial charge in [-0.15, -0.1) is 0 Å². The van der Waals surface area contributed by atoms with Gasteiger partial charge in [0.15, 0.2) is 0 Å². The Morgan fingerprint density at radius 1 is 1.30 bits per heavy atom. The van der Waals surface area contributed by atoms with E-state index in [4.69, 9.17) is 0 Å². The highest BCUT2D eigenvalue weighted by Gasteiger charge is 2.08. The lowest BCUT2D eigenvalue weighted by atomic mass is 10.1. The molecule has 0 amide bonds. The number of nitrogens with one attached hydrogen (secondary N) is 1. The summed E-state index contributed by atoms with van der Waals surface area (Å²) in [6.45, 7) is -0.0779. The monoisotopic (exact) mass is 281 g/mol. The molecular formula is C14H17F2N3O. The minimum absolute atomic E-state index is 0.107. The summed E-state index contributed by atoms with van der Waals surface area (Å²) in [5.74, 6) is 0.170. The van der Waals surface area contributed by atoms with Gasteiger partial charge in [0, 0.05) is 31.4 Å². The third kappa shape index (κ3) is 4.03. The highest BCUT2D eigenvalue weighted by atomic mass is 19.3. The van der Waals surface area contributed by atoms with E-state index in [0.29, 0.717) is 6.54 Å². The average Bonchev–Trinajstić information content (AvgIpc) is 2.82. The summed E-state index contributed by atoms with van der Waals surface area (Å²) in [7, 11) is 1.87. The second-order valence-corrected chi connectivity index (χ2v) is 4.57. The average molecular weight is 281 g/mol. The van der Waals surface area contributed by atoms with Gasteiger partial charge < -0.3 is 10.1 Å². The van der Waals surface area contributed by atoms with Crippen LogP contribution in [0.25, 0.3) is 0 Å². The lowest BCUT2D eigenvalue weighted by Crippen LogP contribution is -2.17. The molecule has 0 aliphatic rings. The maximum Gasteiger partial charge on any atom is 0.387 e. The third-order valence-electron chi connectivity index (χ3n) is 2.98. The number of ether oxygens (including phenoxy) is 1. The van der Waals surface area contributed by atoms with Gasteiger partial charge in [-0.2, -0.15) is 13.9 Å². The predicted molar refractivity (Wildman–Crippen MR) is 71.5 cm³/mol. The quantitative estimate of drug-likeness (QED) is 0.885. The zero-order valence-corrected chi connectivity index (χ0v) is 11.4. The second kappa shape index (κ2) is 6.47. The molecule has 20 heavy (non-hydrogen) atoms. The van der Waals surface area contributed by atoms with E-state index in [1.807, 2.05) is 20.2 Å². The molecule has 0 fully saturated rings. The van der Waals surface area contributed by atoms with Crippen molar-refractivity contribution in [2.75, 3.05) is 0 Å². The SMILES string of the molecule is CC(NCc1cnn(C)c1)c1ccc(OC(F)F)cc1. The van der Waals surface area contributed by atoms with Crippen molar-refractivity contribution >= 4 is 0 Å². The number of alkyl halides is 2. The van der Waals surface area contributed by atoms with Crippen molar-refractivity contribution < 1.29 is 13.5 Å². The van der Waals surface area contributed by atoms with Gasteiger partial charge in [-0.05, 0) is 24.6 Å². The fourth-order valence-corrected chi connectivity index (χ4v) is 1.89. The van der Waals surface area contributed by atoms with Crippen LogP contribution in [-0.4, -0.2) is 16.4 Å². The minimum Gasteiger partial charge on any atom is -0.435 e. The van der Waals surface area contributed by atoms with Crippen LogP contribution >= 0.6 is 0 Å². The largest absolute Gasteiger partial charge is 0.435 e. The molecule has 0 saturated carbocycles. The van der Waals surface area contributed by atoms with Crippen LogP contribution in [0.5, 0.6) is 5.75 Å². The van der Waals surface area contributed by atoms with Gasteiger partial charge in [-0.1, -0.05) is 12.1 Å². The molecule has 0 aliphatic heterocycles. The van der Waals surface area contributed by atoms with Crippen LogP contribution in [0.3, 0.4) is 0 Å². The normalized spacial score (nSPS) is 12.7. The maximum atomic E-state index is 12.0. The highest BCUT2D eigenvalue weighted by molar-refractivity contribution is 5.29. The lowest BCUT2D eigenvalue weighted by Gasteiger charge is -2.14. The van der Waals surface area contributed by atoms with Gasteiger partial charge >= 0.3 is 6.61 Å². The first-order chi connectivity index (χ1) is 9.54. The number of halogens is 2. The molecule has 1 aromatic heterocycles. The number of hydrogen-bond donors (Lipinski definition) is 1. The Morgan fingerprint density at radius 3 is 2.55 bits per heavy atom. The van der Waals surface area contributed by atoms with Crippen molar-refractivity contribution in [2.24, 2.45) is 7.05 Å². The number of rotatable bonds is 6. The van der Waals surface area contributed by atoms with Crippen LogP contribution in [0.4, 0.5) is 8.78 Å². The molecule has 108 valence electrons. The molecule has 0 radical (unpaired) electrons. The molecule has 2 rings (SSSR count). The van der Waals surface area contributed by atoms with E-state index >= 15 is 0 Å². The van der Waals surface area contributed by atoms with Crippen molar-refractivity contribution in [1.29, 1.82) is 0 Å². The molecule has 1 heterocycles. The van der Waals surface area contributed by atoms with Crippen LogP contribution in [0.1, 0.15) is 24.1 Å². The van der Waals surface area contributed by atoms with E-state index in [0.717, 1.165) is 11.1 Å². The van der Waals surface area contributed by atoms with E-state index in [1.165, 1.54) is 0 Å². The molecule has 6 heteroatoms. The summed E-state index contributed by atoms with van der Waals surface area (Å²) < 4.78 is 30.2. The zero-order valence-electron chi connectivity index (χ0n) is 11.4. The molecule has 4 nitrogen and oxygen atoms in total. The van der Waals surface area contributed by atoms with Gasteiger partial charge in [0.25, 0.3) is 0 Å². The van der Waals surface area contributed by atoms with E-state index < -0.39 is 6.61 Å². The van der Waals surface area contributed by atoms with Crippen LogP contribution in [0, 0.1) is 0 Å². The zero-order chi connectivity index (χ0) is 14.5. The standard InChI is InChI=1S/C14H17F2N3O/c1-10(17-7-11-8-18-19(2)9-11)12-3-5-13(6-4-12)20-14(15)16/h3-6,8-10,14,17H,7H2,1-2H3. The van der Waals surface area contributed by atoms with Gasteiger partial charge in [0.05, 0.1) is 6.20 Å². The number of benzene rings is 1. The fraction of sp³-hybridized carbons (Fsp3) is 0.357. The van der Waals surface area contributed by atoms with Crippen molar-refractivity contribution in [3.8, 4) is 5.75 Å². The Bertz CT molecular complexity index is 540. The Hall–Kier alpha value is -1.95. The first kappa shape index (κ1) is 14.5. The van der Waals surface area contributed by atoms with E-state index in [-0.39, 0.29) is 11.8 Å². The van der Waals surface area contributed by atoms with Gasteiger partial charge in [0.2, 0.25) is 0 Å². The maximum absolute atomic E-state index is 12.0. The Labute approximate surface area is 116 Å². The number of hydrogen-bond acceptors (Lipinski definition) is 3. The topological polar surface area (TPSA) is 39.1 Å². The number of nitrogens with zero attached hydrogens (tertiary/aromatic N) is 2. The molecule has 2 aromatic rings. The Morgan fingerprint density at radius 2 is 2.00 bits per heavy atom. The van der Waals surface area contributed by atoms with Crippen molar-refractivity contribution in [1.82, 2.24) is 15.1 Å². The van der Waals surface area contributed by atoms with Crippen molar-refractivity contribution in [3.63, 3.8) is 0 Å². The summed E-state index contributed by atoms with van der Waals surface area (Å²) >= 11 is 0. The number of aryl methyl sites for hydroxylation is 1. The van der Waals surface area contributed by atoms with Gasteiger partial charge in [0.1, 0.15) is 5.75 Å². The summed E-state index contributed by atoms with van der Waals surface area (Å²) in [6.07, 6.45) is 3.75. The second-order valence-electron chi connectivity index (χ2n) is 4.57.